The first-order valence-corrected chi connectivity index (χ1v) is 16.4. The molecule has 0 bridgehead atoms. The smallest absolute Gasteiger partial charge is 0.328 e. The molecule has 2 aliphatic rings. The fraction of sp³-hybridized carbons (Fsp3) is 0.611. The van der Waals surface area contributed by atoms with Crippen LogP contribution < -0.4 is 0 Å². The van der Waals surface area contributed by atoms with Crippen LogP contribution in [0.15, 0.2) is 59.8 Å². The number of hydrogen-bond donors (Lipinski definition) is 4. The highest BCUT2D eigenvalue weighted by Gasteiger charge is 2.56. The van der Waals surface area contributed by atoms with Crippen LogP contribution in [0, 0.1) is 11.8 Å². The molecule has 0 amide bonds. The second-order valence-corrected chi connectivity index (χ2v) is 12.8. The van der Waals surface area contributed by atoms with Crippen molar-refractivity contribution < 1.29 is 53.8 Å². The molecule has 7 unspecified atom stereocenters. The SMILES string of the molecule is CCCCC1(C(C=CC(C)=CC(=O)O)OC(=O)CCC(=O)O)CCC2(CCC(C)C(CC=C(C)C=CC(O)C(C)C=CC(=O)O)O2)O1. The summed E-state index contributed by atoms with van der Waals surface area (Å²) in [6.07, 6.45) is 15.0. The van der Waals surface area contributed by atoms with Gasteiger partial charge in [0.25, 0.3) is 0 Å². The van der Waals surface area contributed by atoms with Crippen LogP contribution in [0.3, 0.4) is 0 Å². The van der Waals surface area contributed by atoms with Gasteiger partial charge in [0.2, 0.25) is 0 Å². The number of carbonyl (C=O) groups is 4. The number of rotatable bonds is 18. The zero-order valence-corrected chi connectivity index (χ0v) is 28.2. The lowest BCUT2D eigenvalue weighted by atomic mass is 9.85. The summed E-state index contributed by atoms with van der Waals surface area (Å²) in [5, 5.41) is 37.4. The normalized spacial score (nSPS) is 27.4. The molecule has 0 aromatic heterocycles. The maximum absolute atomic E-state index is 12.8. The summed E-state index contributed by atoms with van der Waals surface area (Å²) in [4.78, 5) is 45.8. The van der Waals surface area contributed by atoms with E-state index < -0.39 is 47.5 Å². The lowest BCUT2D eigenvalue weighted by Crippen LogP contribution is -2.50. The van der Waals surface area contributed by atoms with E-state index in [1.165, 1.54) is 6.08 Å². The first-order chi connectivity index (χ1) is 22.1. The molecule has 2 saturated heterocycles. The molecule has 0 aliphatic carbocycles. The Balaban J connectivity index is 2.28. The number of unbranched alkanes of at least 4 members (excludes halogenated alkanes) is 1. The predicted molar refractivity (Wildman–Crippen MR) is 175 cm³/mol. The van der Waals surface area contributed by atoms with Gasteiger partial charge in [-0.05, 0) is 57.1 Å². The lowest BCUT2D eigenvalue weighted by Gasteiger charge is -2.44. The number of carboxylic acid groups (broad SMARTS) is 3. The molecule has 0 aromatic rings. The number of aliphatic hydroxyl groups excluding tert-OH is 1. The Kier molecular flexibility index (Phi) is 15.8. The quantitative estimate of drug-likeness (QED) is 0.0755. The minimum absolute atomic E-state index is 0.163. The van der Waals surface area contributed by atoms with Crippen LogP contribution in [0.5, 0.6) is 0 Å². The molecule has 2 fully saturated rings. The standard InChI is InChI=1S/C36H52O11/c1-6-7-19-35(30(14-10-25(3)23-33(42)43)45-34(44)17-16-32(40)41)21-22-36(47-35)20-18-27(5)29(46-36)13-9-24(2)8-12-28(37)26(4)11-15-31(38)39/h8-12,14-15,23,26-30,37H,6-7,13,16-22H2,1-5H3,(H,38,39)(H,40,41)(H,42,43). The van der Waals surface area contributed by atoms with Crippen LogP contribution >= 0.6 is 0 Å². The lowest BCUT2D eigenvalue weighted by molar-refractivity contribution is -0.308. The molecular weight excluding hydrogens is 608 g/mol. The van der Waals surface area contributed by atoms with Crippen molar-refractivity contribution in [2.75, 3.05) is 0 Å². The monoisotopic (exact) mass is 660 g/mol. The first-order valence-electron chi connectivity index (χ1n) is 16.4. The zero-order valence-electron chi connectivity index (χ0n) is 28.2. The number of carbonyl (C=O) groups excluding carboxylic acids is 1. The third kappa shape index (κ3) is 13.2. The average molecular weight is 661 g/mol. The molecule has 0 radical (unpaired) electrons. The number of aliphatic carboxylic acids is 3. The molecular formula is C36H52O11. The van der Waals surface area contributed by atoms with Crippen LogP contribution in [-0.2, 0) is 33.4 Å². The Morgan fingerprint density at radius 2 is 1.64 bits per heavy atom. The van der Waals surface area contributed by atoms with Crippen molar-refractivity contribution in [3.8, 4) is 0 Å². The number of esters is 1. The maximum atomic E-state index is 12.8. The van der Waals surface area contributed by atoms with E-state index in [4.69, 9.17) is 29.5 Å². The van der Waals surface area contributed by atoms with Crippen LogP contribution in [0.1, 0.15) is 98.8 Å². The van der Waals surface area contributed by atoms with Gasteiger partial charge in [-0.1, -0.05) is 69.6 Å². The first kappa shape index (κ1) is 39.6. The summed E-state index contributed by atoms with van der Waals surface area (Å²) in [5.74, 6) is -4.99. The topological polar surface area (TPSA) is 177 Å². The van der Waals surface area contributed by atoms with Crippen molar-refractivity contribution in [1.29, 1.82) is 0 Å². The third-order valence-electron chi connectivity index (χ3n) is 8.77. The average Bonchev–Trinajstić information content (AvgIpc) is 3.37. The summed E-state index contributed by atoms with van der Waals surface area (Å²) in [6, 6.07) is 0. The molecule has 2 aliphatic heterocycles. The number of allylic oxidation sites excluding steroid dienone is 4. The van der Waals surface area contributed by atoms with E-state index in [9.17, 15) is 24.3 Å². The van der Waals surface area contributed by atoms with E-state index in [2.05, 4.69) is 6.92 Å². The van der Waals surface area contributed by atoms with Crippen LogP contribution in [0.2, 0.25) is 0 Å². The van der Waals surface area contributed by atoms with Gasteiger partial charge >= 0.3 is 23.9 Å². The van der Waals surface area contributed by atoms with E-state index in [0.717, 1.165) is 37.0 Å². The molecule has 0 saturated carbocycles. The van der Waals surface area contributed by atoms with Crippen molar-refractivity contribution >= 4 is 23.9 Å². The van der Waals surface area contributed by atoms with Crippen molar-refractivity contribution in [1.82, 2.24) is 0 Å². The number of aliphatic hydroxyl groups is 1. The van der Waals surface area contributed by atoms with E-state index in [1.54, 1.807) is 38.2 Å². The Bertz CT molecular complexity index is 1250. The molecule has 4 N–H and O–H groups in total. The van der Waals surface area contributed by atoms with E-state index >= 15 is 0 Å². The molecule has 11 heteroatoms. The summed E-state index contributed by atoms with van der Waals surface area (Å²) in [5.41, 5.74) is 0.415. The fourth-order valence-corrected chi connectivity index (χ4v) is 5.85. The van der Waals surface area contributed by atoms with Gasteiger partial charge in [0.05, 0.1) is 25.0 Å². The van der Waals surface area contributed by atoms with Crippen molar-refractivity contribution in [2.24, 2.45) is 11.8 Å². The number of ether oxygens (including phenoxy) is 3. The van der Waals surface area contributed by atoms with E-state index in [0.29, 0.717) is 37.7 Å². The molecule has 262 valence electrons. The highest BCUT2D eigenvalue weighted by atomic mass is 16.7. The predicted octanol–water partition coefficient (Wildman–Crippen LogP) is 6.13. The van der Waals surface area contributed by atoms with Crippen LogP contribution in [0.25, 0.3) is 0 Å². The van der Waals surface area contributed by atoms with Gasteiger partial charge in [0.1, 0.15) is 11.7 Å². The molecule has 0 aromatic carbocycles. The minimum atomic E-state index is -1.11. The van der Waals surface area contributed by atoms with Gasteiger partial charge in [-0.3, -0.25) is 9.59 Å². The molecule has 2 rings (SSSR count). The van der Waals surface area contributed by atoms with Gasteiger partial charge in [-0.15, -0.1) is 0 Å². The largest absolute Gasteiger partial charge is 0.481 e. The van der Waals surface area contributed by atoms with Crippen LogP contribution in [-0.4, -0.2) is 74.0 Å². The van der Waals surface area contributed by atoms with Crippen molar-refractivity contribution in [3.05, 3.63) is 59.8 Å². The van der Waals surface area contributed by atoms with Crippen molar-refractivity contribution in [2.45, 2.75) is 129 Å². The Labute approximate surface area is 277 Å². The number of carboxylic acids is 3. The molecule has 11 nitrogen and oxygen atoms in total. The molecule has 47 heavy (non-hydrogen) atoms. The Hall–Kier alpha value is -3.54. The highest BCUT2D eigenvalue weighted by Crippen LogP contribution is 2.50. The van der Waals surface area contributed by atoms with Gasteiger partial charge in [0, 0.05) is 30.9 Å². The Morgan fingerprint density at radius 3 is 2.28 bits per heavy atom. The number of hydrogen-bond acceptors (Lipinski definition) is 8. The van der Waals surface area contributed by atoms with E-state index in [-0.39, 0.29) is 30.8 Å². The Morgan fingerprint density at radius 1 is 0.936 bits per heavy atom. The summed E-state index contributed by atoms with van der Waals surface area (Å²) < 4.78 is 19.5. The molecule has 1 spiro atoms. The second-order valence-electron chi connectivity index (χ2n) is 12.8. The van der Waals surface area contributed by atoms with Gasteiger partial charge < -0.3 is 34.6 Å². The molecule has 2 heterocycles. The van der Waals surface area contributed by atoms with Crippen molar-refractivity contribution in [3.63, 3.8) is 0 Å². The molecule has 7 atom stereocenters. The third-order valence-corrected chi connectivity index (χ3v) is 8.77. The van der Waals surface area contributed by atoms with Gasteiger partial charge in [-0.25, -0.2) is 9.59 Å². The van der Waals surface area contributed by atoms with Crippen LogP contribution in [0.4, 0.5) is 0 Å². The summed E-state index contributed by atoms with van der Waals surface area (Å²) in [7, 11) is 0. The summed E-state index contributed by atoms with van der Waals surface area (Å²) in [6.45, 7) is 9.46. The van der Waals surface area contributed by atoms with Gasteiger partial charge in [0.15, 0.2) is 5.79 Å². The zero-order chi connectivity index (χ0) is 35.2. The highest BCUT2D eigenvalue weighted by molar-refractivity contribution is 5.81. The second kappa shape index (κ2) is 18.7. The summed E-state index contributed by atoms with van der Waals surface area (Å²) >= 11 is 0. The minimum Gasteiger partial charge on any atom is -0.481 e. The van der Waals surface area contributed by atoms with Gasteiger partial charge in [-0.2, -0.15) is 0 Å². The van der Waals surface area contributed by atoms with E-state index in [1.807, 2.05) is 19.9 Å². The fourth-order valence-electron chi connectivity index (χ4n) is 5.85. The maximum Gasteiger partial charge on any atom is 0.328 e.